The number of hydrogen-bond acceptors (Lipinski definition) is 3. The molecule has 0 unspecified atom stereocenters. The van der Waals surface area contributed by atoms with Crippen LogP contribution in [0.2, 0.25) is 0 Å². The van der Waals surface area contributed by atoms with E-state index < -0.39 is 0 Å². The minimum absolute atomic E-state index is 0.0783. The molecule has 0 heterocycles. The molecule has 0 aliphatic carbocycles. The summed E-state index contributed by atoms with van der Waals surface area (Å²) in [6.07, 6.45) is 3.20. The van der Waals surface area contributed by atoms with Crippen molar-refractivity contribution in [3.8, 4) is 0 Å². The number of aldehydes is 1. The topological polar surface area (TPSA) is 60.2 Å². The van der Waals surface area contributed by atoms with Crippen LogP contribution in [0.5, 0.6) is 0 Å². The Hall–Kier alpha value is -0.930. The molecular formula is C9H17NO3. The van der Waals surface area contributed by atoms with Crippen LogP contribution in [-0.4, -0.2) is 17.8 Å². The van der Waals surface area contributed by atoms with Crippen molar-refractivity contribution in [2.75, 3.05) is 6.54 Å². The van der Waals surface area contributed by atoms with Gasteiger partial charge in [0, 0.05) is 16.8 Å². The minimum atomic E-state index is -0.327. The molecule has 4 nitrogen and oxygen atoms in total. The van der Waals surface area contributed by atoms with Gasteiger partial charge in [0.2, 0.25) is 6.54 Å². The first kappa shape index (κ1) is 12.1. The summed E-state index contributed by atoms with van der Waals surface area (Å²) in [6, 6.07) is 0. The Kier molecular flexibility index (Phi) is 6.10. The second kappa shape index (κ2) is 6.57. The summed E-state index contributed by atoms with van der Waals surface area (Å²) in [6.45, 7) is 3.79. The van der Waals surface area contributed by atoms with Crippen molar-refractivity contribution >= 4 is 6.29 Å². The highest BCUT2D eigenvalue weighted by molar-refractivity contribution is 5.53. The maximum atomic E-state index is 10.6. The zero-order valence-corrected chi connectivity index (χ0v) is 8.23. The highest BCUT2D eigenvalue weighted by Gasteiger charge is 2.23. The van der Waals surface area contributed by atoms with Crippen LogP contribution in [0.25, 0.3) is 0 Å². The average Bonchev–Trinajstić information content (AvgIpc) is 2.05. The second-order valence-electron chi connectivity index (χ2n) is 3.27. The van der Waals surface area contributed by atoms with Gasteiger partial charge in [0.25, 0.3) is 0 Å². The molecule has 0 radical (unpaired) electrons. The van der Waals surface area contributed by atoms with E-state index in [0.717, 1.165) is 19.1 Å². The molecule has 0 saturated heterocycles. The van der Waals surface area contributed by atoms with Crippen molar-refractivity contribution in [3.05, 3.63) is 10.1 Å². The Bertz CT molecular complexity index is 170. The molecule has 0 rings (SSSR count). The molecule has 13 heavy (non-hydrogen) atoms. The van der Waals surface area contributed by atoms with E-state index in [1.165, 1.54) is 0 Å². The van der Waals surface area contributed by atoms with Crippen LogP contribution in [0.3, 0.4) is 0 Å². The first-order valence-corrected chi connectivity index (χ1v) is 4.72. The van der Waals surface area contributed by atoms with Gasteiger partial charge in [-0.1, -0.05) is 20.3 Å². The van der Waals surface area contributed by atoms with E-state index in [0.29, 0.717) is 6.42 Å². The van der Waals surface area contributed by atoms with Gasteiger partial charge in [0.15, 0.2) is 0 Å². The summed E-state index contributed by atoms with van der Waals surface area (Å²) in [4.78, 5) is 20.6. The summed E-state index contributed by atoms with van der Waals surface area (Å²) >= 11 is 0. The Labute approximate surface area is 78.5 Å². The van der Waals surface area contributed by atoms with Crippen LogP contribution in [0.15, 0.2) is 0 Å². The van der Waals surface area contributed by atoms with E-state index in [-0.39, 0.29) is 23.3 Å². The number of nitro groups is 1. The van der Waals surface area contributed by atoms with Crippen LogP contribution in [0.4, 0.5) is 0 Å². The molecule has 0 spiro atoms. The highest BCUT2D eigenvalue weighted by atomic mass is 16.6. The number of carbonyl (C=O) groups excluding carboxylic acids is 1. The maximum absolute atomic E-state index is 10.6. The quantitative estimate of drug-likeness (QED) is 0.347. The molecule has 0 aliphatic rings. The van der Waals surface area contributed by atoms with Gasteiger partial charge < -0.3 is 4.79 Å². The van der Waals surface area contributed by atoms with Crippen molar-refractivity contribution in [3.63, 3.8) is 0 Å². The molecule has 4 heteroatoms. The summed E-state index contributed by atoms with van der Waals surface area (Å²) in [5, 5.41) is 10.3. The van der Waals surface area contributed by atoms with Crippen LogP contribution in [0.1, 0.15) is 33.1 Å². The Morgan fingerprint density at radius 3 is 2.38 bits per heavy atom. The van der Waals surface area contributed by atoms with Gasteiger partial charge in [0.05, 0.1) is 0 Å². The SMILES string of the molecule is CCC[C@@H](C[N+](=O)[O-])[C@H](C=O)CC. The molecule has 0 N–H and O–H groups in total. The van der Waals surface area contributed by atoms with Gasteiger partial charge >= 0.3 is 0 Å². The predicted molar refractivity (Wildman–Crippen MR) is 50.1 cm³/mol. The first-order valence-electron chi connectivity index (χ1n) is 4.72. The van der Waals surface area contributed by atoms with Crippen molar-refractivity contribution in [2.45, 2.75) is 33.1 Å². The molecule has 0 saturated carbocycles. The first-order chi connectivity index (χ1) is 6.15. The Morgan fingerprint density at radius 1 is 1.46 bits per heavy atom. The fourth-order valence-electron chi connectivity index (χ4n) is 1.54. The average molecular weight is 187 g/mol. The summed E-state index contributed by atoms with van der Waals surface area (Å²) in [5.74, 6) is -0.229. The molecule has 2 atom stereocenters. The molecule has 0 fully saturated rings. The number of rotatable bonds is 7. The maximum Gasteiger partial charge on any atom is 0.207 e. The van der Waals surface area contributed by atoms with Gasteiger partial charge in [-0.2, -0.15) is 0 Å². The smallest absolute Gasteiger partial charge is 0.207 e. The molecule has 0 bridgehead atoms. The van der Waals surface area contributed by atoms with Gasteiger partial charge in [-0.05, 0) is 12.8 Å². The van der Waals surface area contributed by atoms with E-state index in [4.69, 9.17) is 0 Å². The summed E-state index contributed by atoms with van der Waals surface area (Å²) in [7, 11) is 0. The molecule has 0 aliphatic heterocycles. The van der Waals surface area contributed by atoms with Gasteiger partial charge in [0.1, 0.15) is 6.29 Å². The van der Waals surface area contributed by atoms with E-state index in [1.54, 1.807) is 0 Å². The zero-order valence-electron chi connectivity index (χ0n) is 8.23. The third-order valence-corrected chi connectivity index (χ3v) is 2.29. The third kappa shape index (κ3) is 4.60. The molecule has 76 valence electrons. The minimum Gasteiger partial charge on any atom is -0.303 e. The third-order valence-electron chi connectivity index (χ3n) is 2.29. The fourth-order valence-corrected chi connectivity index (χ4v) is 1.54. The normalized spacial score (nSPS) is 14.9. The number of nitrogens with zero attached hydrogens (tertiary/aromatic N) is 1. The number of carbonyl (C=O) groups is 1. The lowest BCUT2D eigenvalue weighted by Gasteiger charge is -2.16. The molecule has 0 amide bonds. The van der Waals surface area contributed by atoms with Crippen molar-refractivity contribution < 1.29 is 9.72 Å². The Balaban J connectivity index is 4.19. The summed E-state index contributed by atoms with van der Waals surface area (Å²) < 4.78 is 0. The fraction of sp³-hybridized carbons (Fsp3) is 0.889. The van der Waals surface area contributed by atoms with Crippen molar-refractivity contribution in [1.29, 1.82) is 0 Å². The lowest BCUT2D eigenvalue weighted by Crippen LogP contribution is -2.23. The molecular weight excluding hydrogens is 170 g/mol. The molecule has 0 aromatic rings. The number of hydrogen-bond donors (Lipinski definition) is 0. The van der Waals surface area contributed by atoms with E-state index in [9.17, 15) is 14.9 Å². The zero-order chi connectivity index (χ0) is 10.3. The lowest BCUT2D eigenvalue weighted by atomic mass is 9.88. The largest absolute Gasteiger partial charge is 0.303 e. The lowest BCUT2D eigenvalue weighted by molar-refractivity contribution is -0.489. The highest BCUT2D eigenvalue weighted by Crippen LogP contribution is 2.19. The summed E-state index contributed by atoms with van der Waals surface area (Å²) in [5.41, 5.74) is 0. The van der Waals surface area contributed by atoms with E-state index >= 15 is 0 Å². The van der Waals surface area contributed by atoms with Crippen LogP contribution in [0, 0.1) is 22.0 Å². The van der Waals surface area contributed by atoms with Crippen LogP contribution < -0.4 is 0 Å². The van der Waals surface area contributed by atoms with Gasteiger partial charge in [-0.25, -0.2) is 0 Å². The van der Waals surface area contributed by atoms with Gasteiger partial charge in [-0.3, -0.25) is 10.1 Å². The van der Waals surface area contributed by atoms with E-state index in [2.05, 4.69) is 0 Å². The standard InChI is InChI=1S/C9H17NO3/c1-3-5-9(6-10(12)13)8(4-2)7-11/h7-9H,3-6H2,1-2H3/t8-,9-/m0/s1. The Morgan fingerprint density at radius 2 is 2.08 bits per heavy atom. The molecule has 0 aromatic heterocycles. The van der Waals surface area contributed by atoms with Crippen LogP contribution >= 0.6 is 0 Å². The van der Waals surface area contributed by atoms with Gasteiger partial charge in [-0.15, -0.1) is 0 Å². The van der Waals surface area contributed by atoms with Crippen LogP contribution in [-0.2, 0) is 4.79 Å². The predicted octanol–water partition coefficient (Wildman–Crippen LogP) is 1.90. The second-order valence-corrected chi connectivity index (χ2v) is 3.27. The monoisotopic (exact) mass is 187 g/mol. The van der Waals surface area contributed by atoms with Crippen molar-refractivity contribution in [1.82, 2.24) is 0 Å². The van der Waals surface area contributed by atoms with E-state index in [1.807, 2.05) is 13.8 Å². The van der Waals surface area contributed by atoms with Crippen molar-refractivity contribution in [2.24, 2.45) is 11.8 Å². The molecule has 0 aromatic carbocycles.